The Labute approximate surface area is 204 Å². The molecule has 0 saturated heterocycles. The second-order valence-corrected chi connectivity index (χ2v) is 9.58. The molecule has 0 radical (unpaired) electrons. The lowest BCUT2D eigenvalue weighted by molar-refractivity contribution is -0.170. The number of halogens is 6. The minimum Gasteiger partial charge on any atom is -0.475 e. The summed E-state index contributed by atoms with van der Waals surface area (Å²) in [4.78, 5) is 24.7. The summed E-state index contributed by atoms with van der Waals surface area (Å²) in [5.41, 5.74) is -3.65. The fourth-order valence-corrected chi connectivity index (χ4v) is 3.06. The number of ether oxygens (including phenoxy) is 2. The third-order valence-corrected chi connectivity index (χ3v) is 5.14. The van der Waals surface area contributed by atoms with Crippen molar-refractivity contribution >= 4 is 41.0 Å². The molecule has 0 aliphatic carbocycles. The van der Waals surface area contributed by atoms with Gasteiger partial charge in [0.05, 0.1) is 10.6 Å². The summed E-state index contributed by atoms with van der Waals surface area (Å²) < 4.78 is 63.2. The molecule has 4 nitrogen and oxygen atoms in total. The average molecular weight is 521 g/mol. The first-order valence-electron chi connectivity index (χ1n) is 9.91. The average Bonchev–Trinajstić information content (AvgIpc) is 2.68. The van der Waals surface area contributed by atoms with Crippen LogP contribution in [-0.2, 0) is 15.7 Å². The second kappa shape index (κ2) is 9.96. The van der Waals surface area contributed by atoms with Crippen LogP contribution in [0, 0.1) is 5.82 Å². The fraction of sp³-hybridized carbons (Fsp3) is 0.333. The molecule has 10 heteroatoms. The van der Waals surface area contributed by atoms with Crippen LogP contribution in [0.25, 0.3) is 6.08 Å². The first kappa shape index (κ1) is 27.7. The van der Waals surface area contributed by atoms with Crippen molar-refractivity contribution < 1.29 is 36.6 Å². The summed E-state index contributed by atoms with van der Waals surface area (Å²) in [6.45, 7) is 8.11. The molecule has 0 fully saturated rings. The van der Waals surface area contributed by atoms with Gasteiger partial charge in [0.15, 0.2) is 11.4 Å². The summed E-state index contributed by atoms with van der Waals surface area (Å²) in [7, 11) is 0. The van der Waals surface area contributed by atoms with E-state index in [1.807, 2.05) is 0 Å². The number of carbonyl (C=O) groups is 2. The molecule has 0 aromatic heterocycles. The molecule has 0 spiro atoms. The first-order chi connectivity index (χ1) is 15.4. The van der Waals surface area contributed by atoms with Gasteiger partial charge in [-0.3, -0.25) is 4.79 Å². The van der Waals surface area contributed by atoms with Gasteiger partial charge in [-0.25, -0.2) is 9.18 Å². The van der Waals surface area contributed by atoms with Gasteiger partial charge in [-0.1, -0.05) is 23.2 Å². The van der Waals surface area contributed by atoms with Gasteiger partial charge in [0.2, 0.25) is 0 Å². The number of hydrogen-bond donors (Lipinski definition) is 0. The Balaban J connectivity index is 2.26. The van der Waals surface area contributed by atoms with Gasteiger partial charge in [-0.15, -0.1) is 0 Å². The summed E-state index contributed by atoms with van der Waals surface area (Å²) in [6, 6.07) is 4.40. The predicted molar refractivity (Wildman–Crippen MR) is 122 cm³/mol. The van der Waals surface area contributed by atoms with E-state index >= 15 is 0 Å². The van der Waals surface area contributed by atoms with Crippen molar-refractivity contribution in [3.05, 3.63) is 69.0 Å². The van der Waals surface area contributed by atoms with Gasteiger partial charge in [-0.2, -0.15) is 13.2 Å². The standard InChI is InChI=1S/C24H22Cl2F4O4/c1-22(2,3)34-21(32)23(4,5)33-18-9-7-13(19(25)20(18)26)6-8-17(31)14-10-15(24(28,29)30)12-16(27)11-14/h6-12H,1-5H3/b8-6+. The molecule has 0 aliphatic rings. The van der Waals surface area contributed by atoms with Gasteiger partial charge in [0, 0.05) is 5.56 Å². The van der Waals surface area contributed by atoms with Crippen molar-refractivity contribution in [1.82, 2.24) is 0 Å². The van der Waals surface area contributed by atoms with E-state index in [0.717, 1.165) is 6.08 Å². The molecular formula is C24H22Cl2F4O4. The Hall–Kier alpha value is -2.58. The van der Waals surface area contributed by atoms with Crippen molar-refractivity contribution in [2.75, 3.05) is 0 Å². The highest BCUT2D eigenvalue weighted by Crippen LogP contribution is 2.37. The Kier molecular flexibility index (Phi) is 8.10. The van der Waals surface area contributed by atoms with Crippen LogP contribution in [0.3, 0.4) is 0 Å². The van der Waals surface area contributed by atoms with E-state index in [1.165, 1.54) is 32.1 Å². The van der Waals surface area contributed by atoms with Crippen LogP contribution in [0.1, 0.15) is 56.1 Å². The van der Waals surface area contributed by atoms with Crippen LogP contribution in [0.2, 0.25) is 10.0 Å². The smallest absolute Gasteiger partial charge is 0.416 e. The van der Waals surface area contributed by atoms with Gasteiger partial charge in [-0.05, 0) is 82.7 Å². The van der Waals surface area contributed by atoms with Crippen LogP contribution in [0.5, 0.6) is 5.75 Å². The normalized spacial score (nSPS) is 12.7. The van der Waals surface area contributed by atoms with Crippen molar-refractivity contribution in [2.45, 2.75) is 52.0 Å². The Morgan fingerprint density at radius 3 is 2.12 bits per heavy atom. The zero-order valence-corrected chi connectivity index (χ0v) is 20.5. The Morgan fingerprint density at radius 2 is 1.56 bits per heavy atom. The lowest BCUT2D eigenvalue weighted by Crippen LogP contribution is -2.43. The highest BCUT2D eigenvalue weighted by atomic mass is 35.5. The quantitative estimate of drug-likeness (QED) is 0.171. The number of hydrogen-bond acceptors (Lipinski definition) is 4. The predicted octanol–water partition coefficient (Wildman–Crippen LogP) is 7.55. The maximum absolute atomic E-state index is 13.6. The van der Waals surface area contributed by atoms with Crippen molar-refractivity contribution in [1.29, 1.82) is 0 Å². The van der Waals surface area contributed by atoms with Crippen LogP contribution in [0.4, 0.5) is 17.6 Å². The van der Waals surface area contributed by atoms with Crippen molar-refractivity contribution in [3.63, 3.8) is 0 Å². The molecule has 0 aliphatic heterocycles. The monoisotopic (exact) mass is 520 g/mol. The molecule has 0 heterocycles. The number of esters is 1. The van der Waals surface area contributed by atoms with Crippen LogP contribution in [-0.4, -0.2) is 23.0 Å². The van der Waals surface area contributed by atoms with Gasteiger partial charge in [0.1, 0.15) is 22.2 Å². The van der Waals surface area contributed by atoms with E-state index in [-0.39, 0.29) is 21.4 Å². The molecule has 0 saturated carbocycles. The third-order valence-electron chi connectivity index (χ3n) is 4.26. The maximum atomic E-state index is 13.6. The van der Waals surface area contributed by atoms with E-state index in [4.69, 9.17) is 32.7 Å². The van der Waals surface area contributed by atoms with Crippen LogP contribution in [0.15, 0.2) is 36.4 Å². The number of carbonyl (C=O) groups excluding carboxylic acids is 2. The highest BCUT2D eigenvalue weighted by molar-refractivity contribution is 6.43. The number of ketones is 1. The summed E-state index contributed by atoms with van der Waals surface area (Å²) in [5.74, 6) is -2.62. The number of allylic oxidation sites excluding steroid dienone is 1. The minimum atomic E-state index is -4.80. The van der Waals surface area contributed by atoms with Gasteiger partial charge >= 0.3 is 12.1 Å². The zero-order chi connectivity index (χ0) is 26.1. The minimum absolute atomic E-state index is 0.0292. The lowest BCUT2D eigenvalue weighted by Gasteiger charge is -2.29. The zero-order valence-electron chi connectivity index (χ0n) is 18.9. The number of benzene rings is 2. The molecule has 2 aromatic rings. The molecule has 0 atom stereocenters. The third kappa shape index (κ3) is 7.21. The molecule has 184 valence electrons. The van der Waals surface area contributed by atoms with E-state index in [1.54, 1.807) is 20.8 Å². The number of alkyl halides is 3. The largest absolute Gasteiger partial charge is 0.475 e. The highest BCUT2D eigenvalue weighted by Gasteiger charge is 2.35. The molecule has 34 heavy (non-hydrogen) atoms. The first-order valence-corrected chi connectivity index (χ1v) is 10.7. The summed E-state index contributed by atoms with van der Waals surface area (Å²) in [5, 5.41) is -0.0866. The van der Waals surface area contributed by atoms with E-state index < -0.39 is 46.1 Å². The van der Waals surface area contributed by atoms with E-state index in [0.29, 0.717) is 18.2 Å². The van der Waals surface area contributed by atoms with Crippen LogP contribution < -0.4 is 4.74 Å². The molecule has 2 aromatic carbocycles. The summed E-state index contributed by atoms with van der Waals surface area (Å²) >= 11 is 12.5. The number of rotatable bonds is 6. The molecule has 0 unspecified atom stereocenters. The lowest BCUT2D eigenvalue weighted by atomic mass is 10.0. The fourth-order valence-electron chi connectivity index (χ4n) is 2.63. The SMILES string of the molecule is CC(C)(C)OC(=O)C(C)(C)Oc1ccc(/C=C/C(=O)c2cc(F)cc(C(F)(F)F)c2)c(Cl)c1Cl. The van der Waals surface area contributed by atoms with Crippen molar-refractivity contribution in [2.24, 2.45) is 0 Å². The van der Waals surface area contributed by atoms with E-state index in [2.05, 4.69) is 0 Å². The summed E-state index contributed by atoms with van der Waals surface area (Å²) in [6.07, 6.45) is -2.64. The molecule has 0 N–H and O–H groups in total. The van der Waals surface area contributed by atoms with Crippen molar-refractivity contribution in [3.8, 4) is 5.75 Å². The Morgan fingerprint density at radius 1 is 0.941 bits per heavy atom. The molecule has 0 amide bonds. The van der Waals surface area contributed by atoms with Crippen LogP contribution >= 0.6 is 23.2 Å². The van der Waals surface area contributed by atoms with E-state index in [9.17, 15) is 27.2 Å². The molecule has 0 bridgehead atoms. The second-order valence-electron chi connectivity index (χ2n) is 8.82. The van der Waals surface area contributed by atoms with Gasteiger partial charge in [0.25, 0.3) is 0 Å². The molecule has 2 rings (SSSR count). The Bertz CT molecular complexity index is 1130. The topological polar surface area (TPSA) is 52.6 Å². The molecular weight excluding hydrogens is 499 g/mol. The van der Waals surface area contributed by atoms with Gasteiger partial charge < -0.3 is 9.47 Å². The maximum Gasteiger partial charge on any atom is 0.416 e.